The van der Waals surface area contributed by atoms with Crippen molar-refractivity contribution >= 4 is 17.9 Å². The molecule has 8 heteroatoms. The van der Waals surface area contributed by atoms with Gasteiger partial charge in [-0.25, -0.2) is 9.59 Å². The highest BCUT2D eigenvalue weighted by molar-refractivity contribution is 5.97. The first-order chi connectivity index (χ1) is 12.9. The molecule has 0 unspecified atom stereocenters. The van der Waals surface area contributed by atoms with E-state index in [1.807, 2.05) is 13.8 Å². The number of hydrogen-bond donors (Lipinski definition) is 2. The van der Waals surface area contributed by atoms with Crippen molar-refractivity contribution in [2.24, 2.45) is 0 Å². The molecule has 0 atom stereocenters. The lowest BCUT2D eigenvalue weighted by atomic mass is 9.97. The van der Waals surface area contributed by atoms with Crippen LogP contribution in [0.2, 0.25) is 0 Å². The Morgan fingerprint density at radius 2 is 2.07 bits per heavy atom. The van der Waals surface area contributed by atoms with Crippen LogP contribution in [0.4, 0.5) is 4.79 Å². The van der Waals surface area contributed by atoms with Gasteiger partial charge in [-0.3, -0.25) is 10.1 Å². The maximum atomic E-state index is 12.2. The van der Waals surface area contributed by atoms with Crippen LogP contribution < -0.4 is 10.6 Å². The van der Waals surface area contributed by atoms with Gasteiger partial charge in [0.1, 0.15) is 5.56 Å². The molecule has 8 nitrogen and oxygen atoms in total. The van der Waals surface area contributed by atoms with E-state index in [1.54, 1.807) is 6.92 Å². The van der Waals surface area contributed by atoms with Gasteiger partial charge in [0.2, 0.25) is 0 Å². The van der Waals surface area contributed by atoms with Crippen molar-refractivity contribution in [2.45, 2.75) is 58.8 Å². The molecule has 2 N–H and O–H groups in total. The number of urea groups is 1. The van der Waals surface area contributed by atoms with Crippen LogP contribution in [-0.4, -0.2) is 36.2 Å². The highest BCUT2D eigenvalue weighted by atomic mass is 16.5. The molecular formula is C19H27N3O5. The number of aromatic nitrogens is 1. The first kappa shape index (κ1) is 20.7. The van der Waals surface area contributed by atoms with Gasteiger partial charge in [-0.05, 0) is 39.0 Å². The zero-order valence-corrected chi connectivity index (χ0v) is 16.1. The van der Waals surface area contributed by atoms with Crippen LogP contribution in [0.5, 0.6) is 0 Å². The number of ether oxygens (including phenoxy) is 1. The van der Waals surface area contributed by atoms with Gasteiger partial charge in [0.15, 0.2) is 12.4 Å². The highest BCUT2D eigenvalue weighted by Gasteiger charge is 2.24. The van der Waals surface area contributed by atoms with Crippen LogP contribution in [0.3, 0.4) is 0 Å². The van der Waals surface area contributed by atoms with Gasteiger partial charge in [-0.2, -0.15) is 0 Å². The number of allylic oxidation sites excluding steroid dienone is 1. The minimum absolute atomic E-state index is 0.0485. The van der Waals surface area contributed by atoms with Gasteiger partial charge < -0.3 is 14.6 Å². The number of hydrogen-bond acceptors (Lipinski definition) is 6. The summed E-state index contributed by atoms with van der Waals surface area (Å²) in [4.78, 5) is 35.7. The van der Waals surface area contributed by atoms with E-state index >= 15 is 0 Å². The Morgan fingerprint density at radius 1 is 1.30 bits per heavy atom. The fourth-order valence-corrected chi connectivity index (χ4v) is 2.91. The van der Waals surface area contributed by atoms with Gasteiger partial charge >= 0.3 is 12.0 Å². The average Bonchev–Trinajstić information content (AvgIpc) is 3.02. The Balaban J connectivity index is 1.72. The van der Waals surface area contributed by atoms with Gasteiger partial charge in [0.25, 0.3) is 5.91 Å². The van der Waals surface area contributed by atoms with E-state index in [4.69, 9.17) is 9.26 Å². The number of rotatable bonds is 7. The predicted octanol–water partition coefficient (Wildman–Crippen LogP) is 2.98. The van der Waals surface area contributed by atoms with Crippen molar-refractivity contribution in [1.82, 2.24) is 15.8 Å². The number of nitrogens with zero attached hydrogens (tertiary/aromatic N) is 1. The fourth-order valence-electron chi connectivity index (χ4n) is 2.91. The Hall–Kier alpha value is -2.64. The minimum Gasteiger partial charge on any atom is -0.452 e. The zero-order valence-electron chi connectivity index (χ0n) is 16.1. The van der Waals surface area contributed by atoms with Crippen LogP contribution in [0.15, 0.2) is 16.2 Å². The Bertz CT molecular complexity index is 721. The second-order valence-electron chi connectivity index (χ2n) is 6.90. The topological polar surface area (TPSA) is 111 Å². The SMILES string of the molecule is Cc1noc(C(C)C)c1C(=O)OCC(=O)NC(=O)NCCC1=CCCCC1. The van der Waals surface area contributed by atoms with Gasteiger partial charge in [-0.1, -0.05) is 30.7 Å². The van der Waals surface area contributed by atoms with Crippen molar-refractivity contribution in [1.29, 1.82) is 0 Å². The molecule has 3 amide bonds. The first-order valence-corrected chi connectivity index (χ1v) is 9.27. The van der Waals surface area contributed by atoms with E-state index in [0.29, 0.717) is 18.0 Å². The molecule has 1 aromatic rings. The number of amides is 3. The quantitative estimate of drug-likeness (QED) is 0.558. The summed E-state index contributed by atoms with van der Waals surface area (Å²) in [6, 6.07) is -0.600. The number of carbonyl (C=O) groups is 3. The molecule has 0 fully saturated rings. The van der Waals surface area contributed by atoms with Crippen molar-refractivity contribution in [3.63, 3.8) is 0 Å². The maximum absolute atomic E-state index is 12.2. The van der Waals surface area contributed by atoms with Crippen LogP contribution in [0.1, 0.15) is 73.7 Å². The van der Waals surface area contributed by atoms with Crippen LogP contribution >= 0.6 is 0 Å². The highest BCUT2D eigenvalue weighted by Crippen LogP contribution is 2.23. The van der Waals surface area contributed by atoms with E-state index in [0.717, 1.165) is 19.3 Å². The molecule has 0 saturated carbocycles. The number of imide groups is 1. The van der Waals surface area contributed by atoms with Crippen LogP contribution in [0.25, 0.3) is 0 Å². The molecule has 0 bridgehead atoms. The van der Waals surface area contributed by atoms with E-state index in [1.165, 1.54) is 18.4 Å². The third kappa shape index (κ3) is 6.23. The second kappa shape index (κ2) is 9.89. The van der Waals surface area contributed by atoms with Crippen molar-refractivity contribution in [2.75, 3.05) is 13.2 Å². The summed E-state index contributed by atoms with van der Waals surface area (Å²) < 4.78 is 10.1. The first-order valence-electron chi connectivity index (χ1n) is 9.27. The summed E-state index contributed by atoms with van der Waals surface area (Å²) in [5.41, 5.74) is 1.97. The van der Waals surface area contributed by atoms with E-state index in [9.17, 15) is 14.4 Å². The lowest BCUT2D eigenvalue weighted by Gasteiger charge is -2.13. The molecule has 1 aliphatic carbocycles. The van der Waals surface area contributed by atoms with E-state index < -0.39 is 24.5 Å². The molecular weight excluding hydrogens is 350 g/mol. The maximum Gasteiger partial charge on any atom is 0.344 e. The summed E-state index contributed by atoms with van der Waals surface area (Å²) >= 11 is 0. The fraction of sp³-hybridized carbons (Fsp3) is 0.579. The van der Waals surface area contributed by atoms with Gasteiger partial charge in [0, 0.05) is 12.5 Å². The lowest BCUT2D eigenvalue weighted by Crippen LogP contribution is -2.41. The predicted molar refractivity (Wildman–Crippen MR) is 98.3 cm³/mol. The summed E-state index contributed by atoms with van der Waals surface area (Å²) in [5.74, 6) is -1.03. The smallest absolute Gasteiger partial charge is 0.344 e. The molecule has 27 heavy (non-hydrogen) atoms. The Labute approximate surface area is 158 Å². The van der Waals surface area contributed by atoms with Gasteiger partial charge in [-0.15, -0.1) is 0 Å². The third-order valence-corrected chi connectivity index (χ3v) is 4.32. The number of esters is 1. The Morgan fingerprint density at radius 3 is 2.74 bits per heavy atom. The third-order valence-electron chi connectivity index (χ3n) is 4.32. The molecule has 1 heterocycles. The number of aryl methyl sites for hydroxylation is 1. The van der Waals surface area contributed by atoms with Crippen molar-refractivity contribution in [3.8, 4) is 0 Å². The van der Waals surface area contributed by atoms with Crippen LogP contribution in [-0.2, 0) is 9.53 Å². The summed E-state index contributed by atoms with van der Waals surface area (Å²) in [7, 11) is 0. The number of nitrogens with one attached hydrogen (secondary N) is 2. The molecule has 148 valence electrons. The average molecular weight is 377 g/mol. The molecule has 1 aliphatic rings. The van der Waals surface area contributed by atoms with Crippen molar-refractivity contribution < 1.29 is 23.6 Å². The normalized spacial score (nSPS) is 13.9. The molecule has 1 aromatic heterocycles. The summed E-state index contributed by atoms with van der Waals surface area (Å²) in [6.07, 6.45) is 7.56. The van der Waals surface area contributed by atoms with Crippen LogP contribution in [0, 0.1) is 6.92 Å². The molecule has 0 saturated heterocycles. The number of carbonyl (C=O) groups excluding carboxylic acids is 3. The molecule has 0 radical (unpaired) electrons. The Kier molecular flexibility index (Phi) is 7.57. The molecule has 0 spiro atoms. The molecule has 0 aliphatic heterocycles. The molecule has 2 rings (SSSR count). The minimum atomic E-state index is -0.697. The van der Waals surface area contributed by atoms with E-state index in [-0.39, 0.29) is 11.5 Å². The molecule has 0 aromatic carbocycles. The van der Waals surface area contributed by atoms with Crippen molar-refractivity contribution in [3.05, 3.63) is 28.7 Å². The summed E-state index contributed by atoms with van der Waals surface area (Å²) in [5, 5.41) is 8.54. The monoisotopic (exact) mass is 377 g/mol. The van der Waals surface area contributed by atoms with Gasteiger partial charge in [0.05, 0.1) is 5.69 Å². The lowest BCUT2D eigenvalue weighted by molar-refractivity contribution is -0.123. The zero-order chi connectivity index (χ0) is 19.8. The van der Waals surface area contributed by atoms with E-state index in [2.05, 4.69) is 21.9 Å². The standard InChI is InChI=1S/C19H27N3O5/c1-12(2)17-16(13(3)22-27-17)18(24)26-11-15(23)21-19(25)20-10-9-14-7-5-4-6-8-14/h7,12H,4-6,8-11H2,1-3H3,(H2,20,21,23,25). The summed E-state index contributed by atoms with van der Waals surface area (Å²) in [6.45, 7) is 5.25. The second-order valence-corrected chi connectivity index (χ2v) is 6.90. The largest absolute Gasteiger partial charge is 0.452 e.